The first kappa shape index (κ1) is 11.7. The van der Waals surface area contributed by atoms with Gasteiger partial charge in [-0.05, 0) is 30.2 Å². The largest absolute Gasteiger partial charge is 0.393 e. The third kappa shape index (κ3) is 3.37. The SMILES string of the molecule is [N-]=[N+]=NCCN1CC[C@@H](O)[C@@H](CC2CC2)C1. The highest BCUT2D eigenvalue weighted by molar-refractivity contribution is 4.85. The Morgan fingerprint density at radius 3 is 2.88 bits per heavy atom. The van der Waals surface area contributed by atoms with Crippen LogP contribution in [0.1, 0.15) is 25.7 Å². The molecular weight excluding hydrogens is 204 g/mol. The second-order valence-corrected chi connectivity index (χ2v) is 5.05. The third-order valence-electron chi connectivity index (χ3n) is 3.69. The van der Waals surface area contributed by atoms with E-state index in [0.717, 1.165) is 32.0 Å². The van der Waals surface area contributed by atoms with E-state index in [2.05, 4.69) is 14.9 Å². The van der Waals surface area contributed by atoms with Crippen molar-refractivity contribution < 1.29 is 5.11 Å². The zero-order valence-corrected chi connectivity index (χ0v) is 9.62. The van der Waals surface area contributed by atoms with Crippen LogP contribution in [0.4, 0.5) is 0 Å². The molecular formula is C11H20N4O. The van der Waals surface area contributed by atoms with Crippen LogP contribution in [0.25, 0.3) is 10.4 Å². The molecule has 0 unspecified atom stereocenters. The normalized spacial score (nSPS) is 31.1. The van der Waals surface area contributed by atoms with Crippen LogP contribution in [-0.4, -0.2) is 42.3 Å². The summed E-state index contributed by atoms with van der Waals surface area (Å²) in [6, 6.07) is 0. The minimum absolute atomic E-state index is 0.115. The Kier molecular flexibility index (Phi) is 4.04. The molecule has 0 aromatic carbocycles. The highest BCUT2D eigenvalue weighted by atomic mass is 16.3. The molecule has 0 aromatic rings. The van der Waals surface area contributed by atoms with Crippen molar-refractivity contribution in [2.24, 2.45) is 17.0 Å². The molecule has 0 spiro atoms. The number of hydrogen-bond donors (Lipinski definition) is 1. The first-order valence-corrected chi connectivity index (χ1v) is 6.21. The van der Waals surface area contributed by atoms with Gasteiger partial charge in [-0.15, -0.1) is 0 Å². The molecule has 2 fully saturated rings. The Hall–Kier alpha value is -0.770. The van der Waals surface area contributed by atoms with E-state index in [1.54, 1.807) is 0 Å². The highest BCUT2D eigenvalue weighted by Gasteiger charge is 2.32. The fourth-order valence-electron chi connectivity index (χ4n) is 2.54. The summed E-state index contributed by atoms with van der Waals surface area (Å²) in [6.07, 6.45) is 4.63. The molecule has 1 saturated heterocycles. The van der Waals surface area contributed by atoms with E-state index in [0.29, 0.717) is 12.5 Å². The van der Waals surface area contributed by atoms with Crippen LogP contribution >= 0.6 is 0 Å². The Bertz CT molecular complexity index is 273. The Labute approximate surface area is 96.1 Å². The van der Waals surface area contributed by atoms with Gasteiger partial charge in [0, 0.05) is 31.1 Å². The van der Waals surface area contributed by atoms with E-state index in [-0.39, 0.29) is 6.10 Å². The molecule has 2 aliphatic rings. The molecule has 1 N–H and O–H groups in total. The lowest BCUT2D eigenvalue weighted by molar-refractivity contribution is 0.0217. The van der Waals surface area contributed by atoms with Crippen molar-refractivity contribution in [1.82, 2.24) is 4.90 Å². The molecule has 0 amide bonds. The van der Waals surface area contributed by atoms with E-state index < -0.39 is 0 Å². The quantitative estimate of drug-likeness (QED) is 0.439. The average Bonchev–Trinajstić information content (AvgIpc) is 3.07. The highest BCUT2D eigenvalue weighted by Crippen LogP contribution is 2.37. The maximum atomic E-state index is 9.93. The van der Waals surface area contributed by atoms with E-state index in [9.17, 15) is 5.11 Å². The van der Waals surface area contributed by atoms with Gasteiger partial charge in [0.15, 0.2) is 0 Å². The number of aliphatic hydroxyl groups excluding tert-OH is 1. The third-order valence-corrected chi connectivity index (χ3v) is 3.69. The smallest absolute Gasteiger partial charge is 0.0592 e. The lowest BCUT2D eigenvalue weighted by Crippen LogP contribution is -2.44. The van der Waals surface area contributed by atoms with Crippen LogP contribution in [0.15, 0.2) is 5.11 Å². The Balaban J connectivity index is 1.75. The van der Waals surface area contributed by atoms with Gasteiger partial charge in [0.2, 0.25) is 0 Å². The molecule has 1 aliphatic heterocycles. The van der Waals surface area contributed by atoms with Gasteiger partial charge in [-0.25, -0.2) is 0 Å². The van der Waals surface area contributed by atoms with Crippen molar-refractivity contribution in [2.75, 3.05) is 26.2 Å². The lowest BCUT2D eigenvalue weighted by Gasteiger charge is -2.36. The first-order valence-electron chi connectivity index (χ1n) is 6.21. The first-order chi connectivity index (χ1) is 7.79. The van der Waals surface area contributed by atoms with Crippen molar-refractivity contribution in [3.8, 4) is 0 Å². The van der Waals surface area contributed by atoms with Crippen LogP contribution in [0.2, 0.25) is 0 Å². The average molecular weight is 224 g/mol. The number of rotatable bonds is 5. The van der Waals surface area contributed by atoms with Gasteiger partial charge in [0.25, 0.3) is 0 Å². The van der Waals surface area contributed by atoms with Crippen molar-refractivity contribution in [1.29, 1.82) is 0 Å². The second kappa shape index (κ2) is 5.53. The van der Waals surface area contributed by atoms with E-state index in [1.165, 1.54) is 19.3 Å². The zero-order chi connectivity index (χ0) is 11.4. The van der Waals surface area contributed by atoms with Crippen LogP contribution in [0, 0.1) is 11.8 Å². The maximum absolute atomic E-state index is 9.93. The van der Waals surface area contributed by atoms with Crippen molar-refractivity contribution >= 4 is 0 Å². The standard InChI is InChI=1S/C11H20N4O/c12-14-13-4-6-15-5-3-11(16)10(8-15)7-9-1-2-9/h9-11,16H,1-8H2/t10-,11+/m0/s1. The number of piperidine rings is 1. The van der Waals surface area contributed by atoms with Gasteiger partial charge >= 0.3 is 0 Å². The lowest BCUT2D eigenvalue weighted by atomic mass is 9.90. The molecule has 5 heteroatoms. The molecule has 0 bridgehead atoms. The summed E-state index contributed by atoms with van der Waals surface area (Å²) in [5.41, 5.74) is 8.22. The van der Waals surface area contributed by atoms with Crippen molar-refractivity contribution in [3.05, 3.63) is 10.4 Å². The van der Waals surface area contributed by atoms with Gasteiger partial charge in [-0.2, -0.15) is 0 Å². The molecule has 0 radical (unpaired) electrons. The van der Waals surface area contributed by atoms with Crippen molar-refractivity contribution in [2.45, 2.75) is 31.8 Å². The summed E-state index contributed by atoms with van der Waals surface area (Å²) in [4.78, 5) is 5.08. The minimum Gasteiger partial charge on any atom is -0.393 e. The van der Waals surface area contributed by atoms with Gasteiger partial charge in [-0.1, -0.05) is 18.0 Å². The van der Waals surface area contributed by atoms with Gasteiger partial charge in [0.1, 0.15) is 0 Å². The molecule has 5 nitrogen and oxygen atoms in total. The van der Waals surface area contributed by atoms with Crippen LogP contribution < -0.4 is 0 Å². The van der Waals surface area contributed by atoms with Crippen molar-refractivity contribution in [3.63, 3.8) is 0 Å². The molecule has 0 aromatic heterocycles. The molecule has 90 valence electrons. The molecule has 1 saturated carbocycles. The molecule has 1 aliphatic carbocycles. The summed E-state index contributed by atoms with van der Waals surface area (Å²) in [5, 5.41) is 13.5. The monoisotopic (exact) mass is 224 g/mol. The van der Waals surface area contributed by atoms with Gasteiger partial charge in [-0.3, -0.25) is 0 Å². The molecule has 16 heavy (non-hydrogen) atoms. The number of likely N-dealkylation sites (tertiary alicyclic amines) is 1. The van der Waals surface area contributed by atoms with E-state index in [4.69, 9.17) is 5.53 Å². The summed E-state index contributed by atoms with van der Waals surface area (Å²) in [7, 11) is 0. The van der Waals surface area contributed by atoms with Crippen LogP contribution in [-0.2, 0) is 0 Å². The van der Waals surface area contributed by atoms with Crippen LogP contribution in [0.3, 0.4) is 0 Å². The Morgan fingerprint density at radius 1 is 1.38 bits per heavy atom. The predicted octanol–water partition coefficient (Wildman–Crippen LogP) is 1.78. The molecule has 2 atom stereocenters. The van der Waals surface area contributed by atoms with Gasteiger partial charge < -0.3 is 10.0 Å². The zero-order valence-electron chi connectivity index (χ0n) is 9.62. The second-order valence-electron chi connectivity index (χ2n) is 5.05. The maximum Gasteiger partial charge on any atom is 0.0592 e. The fraction of sp³-hybridized carbons (Fsp3) is 1.00. The van der Waals surface area contributed by atoms with Crippen LogP contribution in [0.5, 0.6) is 0 Å². The fourth-order valence-corrected chi connectivity index (χ4v) is 2.54. The summed E-state index contributed by atoms with van der Waals surface area (Å²) < 4.78 is 0. The Morgan fingerprint density at radius 2 is 2.19 bits per heavy atom. The number of azide groups is 1. The number of hydrogen-bond acceptors (Lipinski definition) is 3. The topological polar surface area (TPSA) is 72.2 Å². The van der Waals surface area contributed by atoms with E-state index in [1.807, 2.05) is 0 Å². The minimum atomic E-state index is -0.115. The van der Waals surface area contributed by atoms with E-state index >= 15 is 0 Å². The van der Waals surface area contributed by atoms with Gasteiger partial charge in [0.05, 0.1) is 6.10 Å². The summed E-state index contributed by atoms with van der Waals surface area (Å²) >= 11 is 0. The summed E-state index contributed by atoms with van der Waals surface area (Å²) in [6.45, 7) is 3.28. The number of aliphatic hydroxyl groups is 1. The number of nitrogens with zero attached hydrogens (tertiary/aromatic N) is 4. The summed E-state index contributed by atoms with van der Waals surface area (Å²) in [5.74, 6) is 1.31. The molecule has 2 rings (SSSR count). The molecule has 1 heterocycles. The predicted molar refractivity (Wildman–Crippen MR) is 61.9 cm³/mol.